The Morgan fingerprint density at radius 2 is 0.486 bits per heavy atom. The molecule has 0 unspecified atom stereocenters. The number of hydrogen-bond donors (Lipinski definition) is 1. The predicted octanol–water partition coefficient (Wildman–Crippen LogP) is 6.99. The van der Waals surface area contributed by atoms with E-state index >= 15 is 0 Å². The van der Waals surface area contributed by atoms with Crippen LogP contribution in [-0.2, 0) is 4.79 Å². The Morgan fingerprint density at radius 1 is 0.324 bits per heavy atom. The lowest BCUT2D eigenvalue weighted by Crippen LogP contribution is -2.78. The number of aliphatic carboxylic acids is 1. The summed E-state index contributed by atoms with van der Waals surface area (Å²) in [4.78, 5) is 9.85. The second kappa shape index (κ2) is 8.18. The third kappa shape index (κ3) is 3.90. The minimum absolute atomic E-state index is 4.62. The minimum Gasteiger partial charge on any atom is -0.477 e. The third-order valence-electron chi connectivity index (χ3n) is 4.17. The molecule has 0 radical (unpaired) electrons. The number of carbonyl (C=O) groups is 1. The molecule has 0 spiro atoms. The van der Waals surface area contributed by atoms with E-state index in [0.717, 1.165) is 0 Å². The molecule has 0 atom stereocenters. The number of rotatable bonds is 10. The van der Waals surface area contributed by atoms with Gasteiger partial charge in [0.25, 0.3) is 0 Å². The van der Waals surface area contributed by atoms with E-state index in [1.54, 1.807) is 0 Å². The van der Waals surface area contributed by atoms with Crippen LogP contribution in [0.25, 0.3) is 0 Å². The maximum Gasteiger partial charge on any atom is 0.460 e. The number of carboxylic acid groups (broad SMARTS) is 1. The van der Waals surface area contributed by atoms with Crippen LogP contribution in [0.4, 0.5) is 101 Å². The average molecular weight is 615 g/mol. The van der Waals surface area contributed by atoms with Gasteiger partial charge < -0.3 is 5.11 Å². The van der Waals surface area contributed by atoms with Gasteiger partial charge in [-0.15, -0.1) is 0 Å². The molecule has 0 fully saturated rings. The van der Waals surface area contributed by atoms with Crippen molar-refractivity contribution in [2.24, 2.45) is 0 Å². The van der Waals surface area contributed by atoms with Crippen LogP contribution >= 0.6 is 0 Å². The summed E-state index contributed by atoms with van der Waals surface area (Å²) in [5.41, 5.74) is 0. The van der Waals surface area contributed by atoms with Gasteiger partial charge in [-0.05, 0) is 0 Å². The molecule has 0 aliphatic heterocycles. The van der Waals surface area contributed by atoms with E-state index in [1.165, 1.54) is 0 Å². The van der Waals surface area contributed by atoms with Gasteiger partial charge in [-0.25, -0.2) is 4.79 Å². The molecular weight excluding hydrogens is 614 g/mol. The molecule has 37 heavy (non-hydrogen) atoms. The maximum atomic E-state index is 13.4. The summed E-state index contributed by atoms with van der Waals surface area (Å²) in [5, 5.41) is 7.63. The van der Waals surface area contributed by atoms with E-state index in [2.05, 4.69) is 0 Å². The summed E-state index contributed by atoms with van der Waals surface area (Å²) in [6, 6.07) is 0. The van der Waals surface area contributed by atoms with Gasteiger partial charge in [0, 0.05) is 0 Å². The summed E-state index contributed by atoms with van der Waals surface area (Å²) >= 11 is 0. The van der Waals surface area contributed by atoms with Gasteiger partial charge in [0.2, 0.25) is 0 Å². The van der Waals surface area contributed by atoms with Crippen molar-refractivity contribution in [3.63, 3.8) is 0 Å². The van der Waals surface area contributed by atoms with Crippen molar-refractivity contribution >= 4 is 5.97 Å². The zero-order chi connectivity index (χ0) is 31.1. The quantitative estimate of drug-likeness (QED) is 0.213. The highest BCUT2D eigenvalue weighted by atomic mass is 19.4. The van der Waals surface area contributed by atoms with Crippen LogP contribution in [0, 0.1) is 0 Å². The van der Waals surface area contributed by atoms with Crippen molar-refractivity contribution in [1.82, 2.24) is 0 Å². The van der Waals surface area contributed by atoms with E-state index in [0.29, 0.717) is 0 Å². The molecule has 0 rings (SSSR count). The highest BCUT2D eigenvalue weighted by Gasteiger charge is 2.99. The van der Waals surface area contributed by atoms with Gasteiger partial charge in [0.1, 0.15) is 0 Å². The molecule has 0 bridgehead atoms. The van der Waals surface area contributed by atoms with Gasteiger partial charge in [-0.2, -0.15) is 101 Å². The van der Waals surface area contributed by atoms with Gasteiger partial charge in [0.15, 0.2) is 0 Å². The van der Waals surface area contributed by atoms with Crippen molar-refractivity contribution in [3.05, 3.63) is 0 Å². The Labute approximate surface area is 184 Å². The maximum absolute atomic E-state index is 13.4. The van der Waals surface area contributed by atoms with Gasteiger partial charge in [-0.3, -0.25) is 0 Å². The summed E-state index contributed by atoms with van der Waals surface area (Å²) in [7, 11) is 0. The molecule has 0 saturated heterocycles. The van der Waals surface area contributed by atoms with E-state index in [4.69, 9.17) is 5.11 Å². The summed E-state index contributed by atoms with van der Waals surface area (Å²) in [6.07, 6.45) is -8.13. The Morgan fingerprint density at radius 3 is 0.649 bits per heavy atom. The van der Waals surface area contributed by atoms with Crippen molar-refractivity contribution < 1.29 is 111 Å². The van der Waals surface area contributed by atoms with Crippen molar-refractivity contribution in [3.8, 4) is 0 Å². The van der Waals surface area contributed by atoms with E-state index in [-0.39, 0.29) is 0 Å². The van der Waals surface area contributed by atoms with Crippen molar-refractivity contribution in [2.75, 3.05) is 0 Å². The summed E-state index contributed by atoms with van der Waals surface area (Å²) in [5.74, 6) is -94.6. The highest BCUT2D eigenvalue weighted by molar-refractivity contribution is 5.77. The lowest BCUT2D eigenvalue weighted by molar-refractivity contribution is -0.477. The molecule has 0 aliphatic rings. The fraction of sp³-hybridized carbons (Fsp3) is 0.917. The van der Waals surface area contributed by atoms with Crippen LogP contribution < -0.4 is 0 Å². The van der Waals surface area contributed by atoms with Crippen molar-refractivity contribution in [2.45, 2.75) is 65.4 Å². The Bertz CT molecular complexity index is 879. The van der Waals surface area contributed by atoms with Gasteiger partial charge >= 0.3 is 71.4 Å². The Hall–Kier alpha value is -2.14. The largest absolute Gasteiger partial charge is 0.477 e. The zero-order valence-electron chi connectivity index (χ0n) is 15.5. The highest BCUT2D eigenvalue weighted by Crippen LogP contribution is 2.67. The Kier molecular flexibility index (Phi) is 7.71. The first-order valence-electron chi connectivity index (χ1n) is 7.52. The van der Waals surface area contributed by atoms with E-state index in [9.17, 15) is 106 Å². The molecule has 222 valence electrons. The fourth-order valence-electron chi connectivity index (χ4n) is 1.89. The first-order chi connectivity index (χ1) is 15.4. The standard InChI is InChI=1S/C12HF23O2/c13-2(14,1(36)37)3(15,16)4(17,18)5(19,20)6(21,22)7(23,24)8(25,26)9(27,28)10(29,30)11(31,32)12(33,34)35/h(H,36,37)/i1+1. The van der Waals surface area contributed by atoms with Crippen LogP contribution in [0.3, 0.4) is 0 Å². The van der Waals surface area contributed by atoms with Crippen LogP contribution in [0.15, 0.2) is 0 Å². The van der Waals surface area contributed by atoms with Gasteiger partial charge in [0.05, 0.1) is 0 Å². The lowest BCUT2D eigenvalue weighted by Gasteiger charge is -2.44. The molecular formula is C12HF23O2. The number of halogens is 23. The smallest absolute Gasteiger partial charge is 0.460 e. The molecule has 0 saturated carbocycles. The normalized spacial score (nSPS) is 16.7. The topological polar surface area (TPSA) is 37.3 Å². The monoisotopic (exact) mass is 615 g/mol. The molecule has 0 aromatic heterocycles. The summed E-state index contributed by atoms with van der Waals surface area (Å²) < 4.78 is 298. The molecule has 0 amide bonds. The van der Waals surface area contributed by atoms with Crippen LogP contribution in [-0.4, -0.2) is 76.5 Å². The first kappa shape index (κ1) is 34.9. The Balaban J connectivity index is 7.25. The number of hydrogen-bond acceptors (Lipinski definition) is 1. The zero-order valence-corrected chi connectivity index (χ0v) is 15.5. The fourth-order valence-corrected chi connectivity index (χ4v) is 1.89. The SMILES string of the molecule is O=[13C](O)C(F)(F)C(F)(F)C(F)(F)C(F)(F)C(F)(F)C(F)(F)C(F)(F)C(F)(F)C(F)(F)C(F)(F)C(F)(F)F. The second-order valence-electron chi connectivity index (χ2n) is 6.55. The molecule has 0 aromatic rings. The average Bonchev–Trinajstić information content (AvgIpc) is 2.65. The van der Waals surface area contributed by atoms with E-state index in [1.807, 2.05) is 0 Å². The van der Waals surface area contributed by atoms with Crippen LogP contribution in [0.1, 0.15) is 0 Å². The predicted molar refractivity (Wildman–Crippen MR) is 63.2 cm³/mol. The number of carboxylic acids is 1. The second-order valence-corrected chi connectivity index (χ2v) is 6.55. The van der Waals surface area contributed by atoms with Crippen LogP contribution in [0.2, 0.25) is 0 Å². The molecule has 2 nitrogen and oxygen atoms in total. The van der Waals surface area contributed by atoms with Gasteiger partial charge in [-0.1, -0.05) is 0 Å². The molecule has 1 N–H and O–H groups in total. The summed E-state index contributed by atoms with van der Waals surface area (Å²) in [6.45, 7) is 0. The first-order valence-corrected chi connectivity index (χ1v) is 7.52. The third-order valence-corrected chi connectivity index (χ3v) is 4.17. The molecule has 0 aliphatic carbocycles. The minimum atomic E-state index is -9.50. The molecule has 0 aromatic carbocycles. The molecule has 0 heterocycles. The van der Waals surface area contributed by atoms with Crippen LogP contribution in [0.5, 0.6) is 0 Å². The molecule has 25 heteroatoms. The lowest BCUT2D eigenvalue weighted by atomic mass is 9.86. The van der Waals surface area contributed by atoms with Crippen molar-refractivity contribution in [1.29, 1.82) is 0 Å². The number of alkyl halides is 23. The van der Waals surface area contributed by atoms with E-state index < -0.39 is 71.4 Å².